The second-order valence-electron chi connectivity index (χ2n) is 4.14. The van der Waals surface area contributed by atoms with Gasteiger partial charge in [0.2, 0.25) is 11.8 Å². The van der Waals surface area contributed by atoms with Gasteiger partial charge in [0.1, 0.15) is 11.6 Å². The highest BCUT2D eigenvalue weighted by atomic mass is 16.5. The molecule has 6 nitrogen and oxygen atoms in total. The molecule has 1 aromatic heterocycles. The van der Waals surface area contributed by atoms with Crippen LogP contribution in [-0.4, -0.2) is 30.7 Å². The van der Waals surface area contributed by atoms with Crippen molar-refractivity contribution in [1.29, 1.82) is 0 Å². The highest BCUT2D eigenvalue weighted by Crippen LogP contribution is 2.18. The van der Waals surface area contributed by atoms with E-state index in [9.17, 15) is 0 Å². The third kappa shape index (κ3) is 3.50. The van der Waals surface area contributed by atoms with E-state index in [1.807, 2.05) is 24.3 Å². The molecule has 0 unspecified atom stereocenters. The molecule has 3 N–H and O–H groups in total. The van der Waals surface area contributed by atoms with Crippen molar-refractivity contribution in [2.24, 2.45) is 0 Å². The number of nitrogen functional groups attached to an aromatic ring is 1. The van der Waals surface area contributed by atoms with Crippen molar-refractivity contribution in [3.63, 3.8) is 0 Å². The van der Waals surface area contributed by atoms with E-state index in [1.165, 1.54) is 0 Å². The zero-order valence-corrected chi connectivity index (χ0v) is 11.6. The van der Waals surface area contributed by atoms with Crippen LogP contribution in [0.4, 0.5) is 11.8 Å². The molecule has 2 rings (SSSR count). The molecule has 0 saturated heterocycles. The second-order valence-corrected chi connectivity index (χ2v) is 4.14. The van der Waals surface area contributed by atoms with Crippen LogP contribution >= 0.6 is 0 Å². The minimum absolute atomic E-state index is 0.184. The van der Waals surface area contributed by atoms with Gasteiger partial charge in [-0.15, -0.1) is 0 Å². The summed E-state index contributed by atoms with van der Waals surface area (Å²) in [7, 11) is 3.21. The normalized spacial score (nSPS) is 10.1. The van der Waals surface area contributed by atoms with Crippen LogP contribution in [0.2, 0.25) is 0 Å². The third-order valence-electron chi connectivity index (χ3n) is 2.82. The number of para-hydroxylation sites is 1. The van der Waals surface area contributed by atoms with Crippen LogP contribution in [-0.2, 0) is 6.42 Å². The van der Waals surface area contributed by atoms with Gasteiger partial charge < -0.3 is 20.5 Å². The predicted octanol–water partition coefficient (Wildman–Crippen LogP) is 1.73. The average molecular weight is 274 g/mol. The van der Waals surface area contributed by atoms with Crippen LogP contribution in [0.25, 0.3) is 0 Å². The topological polar surface area (TPSA) is 82.3 Å². The maximum Gasteiger partial charge on any atom is 0.225 e. The third-order valence-corrected chi connectivity index (χ3v) is 2.82. The van der Waals surface area contributed by atoms with Gasteiger partial charge >= 0.3 is 0 Å². The second kappa shape index (κ2) is 6.60. The van der Waals surface area contributed by atoms with E-state index < -0.39 is 0 Å². The molecule has 1 aromatic carbocycles. The fourth-order valence-electron chi connectivity index (χ4n) is 1.87. The Bertz CT molecular complexity index is 575. The first-order valence-electron chi connectivity index (χ1n) is 6.27. The minimum Gasteiger partial charge on any atom is -0.496 e. The summed E-state index contributed by atoms with van der Waals surface area (Å²) in [5, 5.41) is 3.19. The summed E-state index contributed by atoms with van der Waals surface area (Å²) in [5.74, 6) is 2.15. The lowest BCUT2D eigenvalue weighted by Gasteiger charge is -2.10. The fraction of sp³-hybridized carbons (Fsp3) is 0.286. The molecule has 0 spiro atoms. The van der Waals surface area contributed by atoms with E-state index in [4.69, 9.17) is 15.2 Å². The van der Waals surface area contributed by atoms with Crippen LogP contribution in [0, 0.1) is 0 Å². The van der Waals surface area contributed by atoms with E-state index >= 15 is 0 Å². The lowest BCUT2D eigenvalue weighted by molar-refractivity contribution is 0.398. The number of hydrogen-bond acceptors (Lipinski definition) is 6. The number of nitrogens with zero attached hydrogens (tertiary/aromatic N) is 2. The van der Waals surface area contributed by atoms with Crippen molar-refractivity contribution in [2.75, 3.05) is 31.8 Å². The van der Waals surface area contributed by atoms with Crippen molar-refractivity contribution < 1.29 is 9.47 Å². The van der Waals surface area contributed by atoms with Crippen molar-refractivity contribution in [1.82, 2.24) is 9.97 Å². The van der Waals surface area contributed by atoms with Crippen molar-refractivity contribution in [3.05, 3.63) is 35.9 Å². The van der Waals surface area contributed by atoms with Gasteiger partial charge in [-0.25, -0.2) is 0 Å². The highest BCUT2D eigenvalue weighted by molar-refractivity contribution is 5.43. The molecule has 0 bridgehead atoms. The number of rotatable bonds is 6. The molecule has 0 atom stereocenters. The SMILES string of the molecule is COc1cc(NCCc2ccccc2OC)nc(N)n1. The summed E-state index contributed by atoms with van der Waals surface area (Å²) >= 11 is 0. The number of nitrogens with one attached hydrogen (secondary N) is 1. The van der Waals surface area contributed by atoms with Gasteiger partial charge in [0.05, 0.1) is 14.2 Å². The zero-order valence-electron chi connectivity index (χ0n) is 11.6. The summed E-state index contributed by atoms with van der Waals surface area (Å²) in [5.41, 5.74) is 6.74. The molecular weight excluding hydrogens is 256 g/mol. The molecule has 20 heavy (non-hydrogen) atoms. The lowest BCUT2D eigenvalue weighted by Crippen LogP contribution is -2.09. The van der Waals surface area contributed by atoms with Gasteiger partial charge in [0, 0.05) is 12.6 Å². The Hall–Kier alpha value is -2.50. The van der Waals surface area contributed by atoms with Crippen LogP contribution in [0.15, 0.2) is 30.3 Å². The molecule has 0 fully saturated rings. The fourth-order valence-corrected chi connectivity index (χ4v) is 1.87. The molecule has 2 aromatic rings. The molecule has 0 saturated carbocycles. The quantitative estimate of drug-likeness (QED) is 0.834. The number of hydrogen-bond donors (Lipinski definition) is 2. The van der Waals surface area contributed by atoms with Gasteiger partial charge in [-0.3, -0.25) is 0 Å². The van der Waals surface area contributed by atoms with E-state index in [-0.39, 0.29) is 5.95 Å². The lowest BCUT2D eigenvalue weighted by atomic mass is 10.1. The molecule has 0 aliphatic carbocycles. The summed E-state index contributed by atoms with van der Waals surface area (Å²) in [4.78, 5) is 8.03. The number of methoxy groups -OCH3 is 2. The van der Waals surface area contributed by atoms with Crippen LogP contribution < -0.4 is 20.5 Å². The molecule has 1 heterocycles. The van der Waals surface area contributed by atoms with Gasteiger partial charge in [0.15, 0.2) is 0 Å². The van der Waals surface area contributed by atoms with Gasteiger partial charge in [-0.05, 0) is 18.1 Å². The first-order valence-corrected chi connectivity index (χ1v) is 6.27. The molecule has 0 aliphatic rings. The summed E-state index contributed by atoms with van der Waals surface area (Å²) in [6, 6.07) is 9.63. The van der Waals surface area contributed by atoms with Gasteiger partial charge in [-0.1, -0.05) is 18.2 Å². The molecule has 0 radical (unpaired) electrons. The van der Waals surface area contributed by atoms with Crippen LogP contribution in [0.1, 0.15) is 5.56 Å². The number of aromatic nitrogens is 2. The number of benzene rings is 1. The Labute approximate surface area is 118 Å². The summed E-state index contributed by atoms with van der Waals surface area (Å²) < 4.78 is 10.4. The Balaban J connectivity index is 1.97. The summed E-state index contributed by atoms with van der Waals surface area (Å²) in [6.45, 7) is 0.708. The van der Waals surface area contributed by atoms with Gasteiger partial charge in [0.25, 0.3) is 0 Å². The Kier molecular flexibility index (Phi) is 4.60. The van der Waals surface area contributed by atoms with E-state index in [0.717, 1.165) is 17.7 Å². The first kappa shape index (κ1) is 13.9. The largest absolute Gasteiger partial charge is 0.496 e. The van der Waals surface area contributed by atoms with Crippen molar-refractivity contribution in [3.8, 4) is 11.6 Å². The number of anilines is 2. The Morgan fingerprint density at radius 3 is 2.70 bits per heavy atom. The average Bonchev–Trinajstić information content (AvgIpc) is 2.47. The maximum atomic E-state index is 5.60. The first-order chi connectivity index (χ1) is 9.72. The molecular formula is C14H18N4O2. The number of ether oxygens (including phenoxy) is 2. The number of nitrogens with two attached hydrogens (primary N) is 1. The maximum absolute atomic E-state index is 5.60. The van der Waals surface area contributed by atoms with Crippen LogP contribution in [0.3, 0.4) is 0 Å². The Morgan fingerprint density at radius 1 is 1.15 bits per heavy atom. The summed E-state index contributed by atoms with van der Waals surface area (Å²) in [6.07, 6.45) is 0.816. The monoisotopic (exact) mass is 274 g/mol. The smallest absolute Gasteiger partial charge is 0.225 e. The Morgan fingerprint density at radius 2 is 1.95 bits per heavy atom. The molecule has 106 valence electrons. The van der Waals surface area contributed by atoms with Gasteiger partial charge in [-0.2, -0.15) is 9.97 Å². The van der Waals surface area contributed by atoms with Crippen LogP contribution in [0.5, 0.6) is 11.6 Å². The van der Waals surface area contributed by atoms with Crippen molar-refractivity contribution >= 4 is 11.8 Å². The van der Waals surface area contributed by atoms with Crippen molar-refractivity contribution in [2.45, 2.75) is 6.42 Å². The van der Waals surface area contributed by atoms with E-state index in [0.29, 0.717) is 18.2 Å². The zero-order chi connectivity index (χ0) is 14.4. The molecule has 0 amide bonds. The predicted molar refractivity (Wildman–Crippen MR) is 78.2 cm³/mol. The standard InChI is InChI=1S/C14H18N4O2/c1-19-11-6-4-3-5-10(11)7-8-16-12-9-13(20-2)18-14(15)17-12/h3-6,9H,7-8H2,1-2H3,(H3,15,16,17,18). The molecule has 6 heteroatoms. The highest BCUT2D eigenvalue weighted by Gasteiger charge is 2.04. The minimum atomic E-state index is 0.184. The van der Waals surface area contributed by atoms with E-state index in [2.05, 4.69) is 15.3 Å². The van der Waals surface area contributed by atoms with E-state index in [1.54, 1.807) is 20.3 Å². The molecule has 0 aliphatic heterocycles.